The normalized spacial score (nSPS) is 10.7. The van der Waals surface area contributed by atoms with Crippen LogP contribution in [-0.4, -0.2) is 28.0 Å². The van der Waals surface area contributed by atoms with E-state index in [4.69, 9.17) is 14.0 Å². The molecule has 4 aromatic rings. The van der Waals surface area contributed by atoms with Crippen LogP contribution in [0.3, 0.4) is 0 Å². The maximum atomic E-state index is 12.9. The van der Waals surface area contributed by atoms with Crippen molar-refractivity contribution in [1.29, 1.82) is 0 Å². The standard InChI is InChI=1S/C23H21N3O4/c1-16-12-18(25-30-16)15-29-23(27)20-14-26(13-17-8-4-3-5-9-17)24-22(20)19-10-6-7-11-21(19)28-2/h3-12,14H,13,15H2,1-2H3. The number of methoxy groups -OCH3 is 1. The van der Waals surface area contributed by atoms with Crippen LogP contribution in [0.5, 0.6) is 5.75 Å². The smallest absolute Gasteiger partial charge is 0.342 e. The van der Waals surface area contributed by atoms with Gasteiger partial charge in [0.05, 0.1) is 13.7 Å². The second kappa shape index (κ2) is 8.65. The summed E-state index contributed by atoms with van der Waals surface area (Å²) < 4.78 is 17.7. The molecular weight excluding hydrogens is 382 g/mol. The lowest BCUT2D eigenvalue weighted by Crippen LogP contribution is -2.06. The highest BCUT2D eigenvalue weighted by atomic mass is 16.5. The summed E-state index contributed by atoms with van der Waals surface area (Å²) in [6.07, 6.45) is 1.70. The molecule has 30 heavy (non-hydrogen) atoms. The van der Waals surface area contributed by atoms with Crippen LogP contribution in [0.2, 0.25) is 0 Å². The number of nitrogens with zero attached hydrogens (tertiary/aromatic N) is 3. The molecule has 2 heterocycles. The van der Waals surface area contributed by atoms with Crippen molar-refractivity contribution in [3.63, 3.8) is 0 Å². The van der Waals surface area contributed by atoms with Crippen molar-refractivity contribution >= 4 is 5.97 Å². The Hall–Kier alpha value is -3.87. The van der Waals surface area contributed by atoms with E-state index >= 15 is 0 Å². The molecule has 2 aromatic heterocycles. The van der Waals surface area contributed by atoms with Gasteiger partial charge in [0, 0.05) is 17.8 Å². The van der Waals surface area contributed by atoms with Crippen LogP contribution in [0.25, 0.3) is 11.3 Å². The van der Waals surface area contributed by atoms with Gasteiger partial charge >= 0.3 is 5.97 Å². The van der Waals surface area contributed by atoms with Crippen molar-refractivity contribution in [2.45, 2.75) is 20.1 Å². The molecule has 7 nitrogen and oxygen atoms in total. The molecule has 152 valence electrons. The molecule has 0 amide bonds. The van der Waals surface area contributed by atoms with E-state index in [1.807, 2.05) is 54.6 Å². The summed E-state index contributed by atoms with van der Waals surface area (Å²) in [6, 6.07) is 19.1. The predicted octanol–water partition coefficient (Wildman–Crippen LogP) is 4.26. The Labute approximate surface area is 173 Å². The van der Waals surface area contributed by atoms with E-state index in [0.717, 1.165) is 11.1 Å². The highest BCUT2D eigenvalue weighted by molar-refractivity contribution is 5.96. The highest BCUT2D eigenvalue weighted by Crippen LogP contribution is 2.31. The number of aromatic nitrogens is 3. The molecule has 2 aromatic carbocycles. The number of aryl methyl sites for hydroxylation is 1. The molecule has 0 spiro atoms. The van der Waals surface area contributed by atoms with Crippen LogP contribution in [0.1, 0.15) is 27.4 Å². The number of benzene rings is 2. The first-order valence-electron chi connectivity index (χ1n) is 9.48. The number of hydrogen-bond donors (Lipinski definition) is 0. The van der Waals surface area contributed by atoms with Gasteiger partial charge in [-0.3, -0.25) is 4.68 Å². The number of ether oxygens (including phenoxy) is 2. The van der Waals surface area contributed by atoms with Gasteiger partial charge in [-0.25, -0.2) is 4.79 Å². The summed E-state index contributed by atoms with van der Waals surface area (Å²) in [5.41, 5.74) is 3.21. The van der Waals surface area contributed by atoms with Crippen molar-refractivity contribution in [3.8, 4) is 17.0 Å². The quantitative estimate of drug-likeness (QED) is 0.429. The van der Waals surface area contributed by atoms with E-state index in [2.05, 4.69) is 10.3 Å². The summed E-state index contributed by atoms with van der Waals surface area (Å²) in [5.74, 6) is 0.797. The van der Waals surface area contributed by atoms with Gasteiger partial charge in [-0.2, -0.15) is 5.10 Å². The fourth-order valence-corrected chi connectivity index (χ4v) is 3.16. The molecule has 0 N–H and O–H groups in total. The Bertz CT molecular complexity index is 1150. The third-order valence-corrected chi connectivity index (χ3v) is 4.56. The minimum atomic E-state index is -0.490. The summed E-state index contributed by atoms with van der Waals surface area (Å²) in [4.78, 5) is 12.9. The monoisotopic (exact) mass is 403 g/mol. The minimum Gasteiger partial charge on any atom is -0.496 e. The van der Waals surface area contributed by atoms with Crippen molar-refractivity contribution in [2.24, 2.45) is 0 Å². The molecule has 0 unspecified atom stereocenters. The minimum absolute atomic E-state index is 0.0192. The molecule has 0 bridgehead atoms. The molecule has 0 aliphatic rings. The molecule has 0 saturated heterocycles. The maximum absolute atomic E-state index is 12.9. The van der Waals surface area contributed by atoms with Crippen LogP contribution in [-0.2, 0) is 17.9 Å². The van der Waals surface area contributed by atoms with Crippen LogP contribution in [0.15, 0.2) is 71.4 Å². The summed E-state index contributed by atoms with van der Waals surface area (Å²) in [5, 5.41) is 8.52. The Morgan fingerprint density at radius 1 is 1.10 bits per heavy atom. The van der Waals surface area contributed by atoms with Gasteiger partial charge in [-0.15, -0.1) is 0 Å². The third-order valence-electron chi connectivity index (χ3n) is 4.56. The summed E-state index contributed by atoms with van der Waals surface area (Å²) >= 11 is 0. The van der Waals surface area contributed by atoms with Crippen LogP contribution in [0, 0.1) is 6.92 Å². The lowest BCUT2D eigenvalue weighted by atomic mass is 10.1. The first-order chi connectivity index (χ1) is 14.6. The molecule has 0 saturated carbocycles. The van der Waals surface area contributed by atoms with E-state index in [0.29, 0.717) is 35.0 Å². The van der Waals surface area contributed by atoms with Crippen LogP contribution in [0.4, 0.5) is 0 Å². The number of para-hydroxylation sites is 1. The highest BCUT2D eigenvalue weighted by Gasteiger charge is 2.22. The SMILES string of the molecule is COc1ccccc1-c1nn(Cc2ccccc2)cc1C(=O)OCc1cc(C)on1. The fraction of sp³-hybridized carbons (Fsp3) is 0.174. The largest absolute Gasteiger partial charge is 0.496 e. The molecule has 0 aliphatic carbocycles. The zero-order valence-electron chi connectivity index (χ0n) is 16.7. The second-order valence-corrected chi connectivity index (χ2v) is 6.78. The molecule has 0 atom stereocenters. The average Bonchev–Trinajstić information content (AvgIpc) is 3.39. The van der Waals surface area contributed by atoms with Gasteiger partial charge in [-0.05, 0) is 24.6 Å². The molecule has 0 aliphatic heterocycles. The zero-order valence-corrected chi connectivity index (χ0v) is 16.7. The Balaban J connectivity index is 1.66. The Kier molecular flexibility index (Phi) is 5.61. The topological polar surface area (TPSA) is 79.4 Å². The predicted molar refractivity (Wildman–Crippen MR) is 110 cm³/mol. The third kappa shape index (κ3) is 4.25. The van der Waals surface area contributed by atoms with E-state index < -0.39 is 5.97 Å². The molecular formula is C23H21N3O4. The first kappa shape index (κ1) is 19.4. The number of rotatable bonds is 7. The fourth-order valence-electron chi connectivity index (χ4n) is 3.16. The van der Waals surface area contributed by atoms with E-state index in [1.54, 1.807) is 31.0 Å². The Morgan fingerprint density at radius 3 is 2.60 bits per heavy atom. The number of carbonyl (C=O) groups is 1. The number of hydrogen-bond acceptors (Lipinski definition) is 6. The molecule has 4 rings (SSSR count). The molecule has 7 heteroatoms. The van der Waals surface area contributed by atoms with Crippen molar-refractivity contribution in [1.82, 2.24) is 14.9 Å². The van der Waals surface area contributed by atoms with Gasteiger partial charge in [0.2, 0.25) is 0 Å². The van der Waals surface area contributed by atoms with Crippen molar-refractivity contribution in [3.05, 3.63) is 89.4 Å². The van der Waals surface area contributed by atoms with E-state index in [1.165, 1.54) is 0 Å². The van der Waals surface area contributed by atoms with Gasteiger partial charge in [0.15, 0.2) is 0 Å². The van der Waals surface area contributed by atoms with Gasteiger partial charge in [-0.1, -0.05) is 47.6 Å². The second-order valence-electron chi connectivity index (χ2n) is 6.78. The summed E-state index contributed by atoms with van der Waals surface area (Å²) in [6.45, 7) is 2.33. The van der Waals surface area contributed by atoms with Gasteiger partial charge < -0.3 is 14.0 Å². The van der Waals surface area contributed by atoms with E-state index in [-0.39, 0.29) is 6.61 Å². The van der Waals surface area contributed by atoms with Crippen LogP contribution >= 0.6 is 0 Å². The molecule has 0 radical (unpaired) electrons. The van der Waals surface area contributed by atoms with E-state index in [9.17, 15) is 4.79 Å². The van der Waals surface area contributed by atoms with Gasteiger partial charge in [0.1, 0.15) is 35.1 Å². The Morgan fingerprint density at radius 2 is 1.87 bits per heavy atom. The maximum Gasteiger partial charge on any atom is 0.342 e. The average molecular weight is 403 g/mol. The summed E-state index contributed by atoms with van der Waals surface area (Å²) in [7, 11) is 1.59. The van der Waals surface area contributed by atoms with Gasteiger partial charge in [0.25, 0.3) is 0 Å². The molecule has 0 fully saturated rings. The lowest BCUT2D eigenvalue weighted by Gasteiger charge is -2.07. The number of carbonyl (C=O) groups excluding carboxylic acids is 1. The van der Waals surface area contributed by atoms with Crippen molar-refractivity contribution in [2.75, 3.05) is 7.11 Å². The van der Waals surface area contributed by atoms with Crippen molar-refractivity contribution < 1.29 is 18.8 Å². The zero-order chi connectivity index (χ0) is 20.9. The first-order valence-corrected chi connectivity index (χ1v) is 9.48. The number of esters is 1. The van der Waals surface area contributed by atoms with Crippen LogP contribution < -0.4 is 4.74 Å². The lowest BCUT2D eigenvalue weighted by molar-refractivity contribution is 0.0465.